The summed E-state index contributed by atoms with van der Waals surface area (Å²) in [5.74, 6) is -0.156. The van der Waals surface area contributed by atoms with Crippen LogP contribution in [0.2, 0.25) is 0 Å². The van der Waals surface area contributed by atoms with Gasteiger partial charge in [-0.05, 0) is 37.6 Å². The molecular weight excluding hydrogens is 284 g/mol. The second kappa shape index (κ2) is 6.61. The van der Waals surface area contributed by atoms with Crippen molar-refractivity contribution < 1.29 is 4.79 Å². The zero-order valence-corrected chi connectivity index (χ0v) is 13.4. The van der Waals surface area contributed by atoms with E-state index in [1.807, 2.05) is 54.2 Å². The van der Waals surface area contributed by atoms with Crippen LogP contribution in [0.5, 0.6) is 0 Å². The first-order valence-electron chi connectivity index (χ1n) is 7.79. The zero-order chi connectivity index (χ0) is 16.2. The molecule has 1 atom stereocenters. The standard InChI is InChI=1S/C20H20N2O/c1-15-6-8-20(9-7-15)22-11-10-19(21-22)13-18(14-23)17-5-3-4-16(2)12-17/h3-12,14,18H,13H2,1-2H3. The third-order valence-corrected chi connectivity index (χ3v) is 4.01. The normalized spacial score (nSPS) is 12.1. The van der Waals surface area contributed by atoms with E-state index in [9.17, 15) is 4.79 Å². The Balaban J connectivity index is 1.80. The molecule has 3 heteroatoms. The molecule has 1 aromatic heterocycles. The molecule has 1 heterocycles. The minimum atomic E-state index is -0.156. The first kappa shape index (κ1) is 15.2. The number of aromatic nitrogens is 2. The van der Waals surface area contributed by atoms with E-state index in [0.717, 1.165) is 23.2 Å². The van der Waals surface area contributed by atoms with Gasteiger partial charge in [0.05, 0.1) is 11.4 Å². The Morgan fingerprint density at radius 2 is 1.83 bits per heavy atom. The van der Waals surface area contributed by atoms with Gasteiger partial charge in [0.1, 0.15) is 6.29 Å². The summed E-state index contributed by atoms with van der Waals surface area (Å²) in [6.07, 6.45) is 3.57. The highest BCUT2D eigenvalue weighted by molar-refractivity contribution is 5.63. The molecule has 0 aliphatic rings. The Morgan fingerprint density at radius 3 is 2.52 bits per heavy atom. The Labute approximate surface area is 136 Å². The molecule has 116 valence electrons. The molecule has 23 heavy (non-hydrogen) atoms. The van der Waals surface area contributed by atoms with Crippen LogP contribution in [0.1, 0.15) is 28.3 Å². The number of carbonyl (C=O) groups excluding carboxylic acids is 1. The van der Waals surface area contributed by atoms with Gasteiger partial charge in [0.25, 0.3) is 0 Å². The first-order chi connectivity index (χ1) is 11.2. The molecule has 0 radical (unpaired) electrons. The van der Waals surface area contributed by atoms with Crippen LogP contribution >= 0.6 is 0 Å². The van der Waals surface area contributed by atoms with Crippen molar-refractivity contribution in [3.05, 3.63) is 83.2 Å². The fourth-order valence-electron chi connectivity index (χ4n) is 2.68. The zero-order valence-electron chi connectivity index (χ0n) is 13.4. The molecule has 0 fully saturated rings. The SMILES string of the molecule is Cc1ccc(-n2ccc(CC(C=O)c3cccc(C)c3)n2)cc1. The molecule has 0 saturated carbocycles. The van der Waals surface area contributed by atoms with E-state index in [0.29, 0.717) is 6.42 Å². The molecule has 0 spiro atoms. The van der Waals surface area contributed by atoms with Crippen LogP contribution in [-0.4, -0.2) is 16.1 Å². The van der Waals surface area contributed by atoms with Gasteiger partial charge in [0.2, 0.25) is 0 Å². The molecule has 3 rings (SSSR count). The molecular formula is C20H20N2O. The lowest BCUT2D eigenvalue weighted by atomic mass is 9.94. The average molecular weight is 304 g/mol. The molecule has 2 aromatic carbocycles. The van der Waals surface area contributed by atoms with Crippen molar-refractivity contribution >= 4 is 6.29 Å². The predicted molar refractivity (Wildman–Crippen MR) is 92.0 cm³/mol. The number of benzene rings is 2. The lowest BCUT2D eigenvalue weighted by Crippen LogP contribution is -2.06. The molecule has 0 N–H and O–H groups in total. The highest BCUT2D eigenvalue weighted by Crippen LogP contribution is 2.20. The van der Waals surface area contributed by atoms with Crippen molar-refractivity contribution in [3.8, 4) is 5.69 Å². The lowest BCUT2D eigenvalue weighted by Gasteiger charge is -2.10. The van der Waals surface area contributed by atoms with Crippen molar-refractivity contribution in [2.75, 3.05) is 0 Å². The smallest absolute Gasteiger partial charge is 0.127 e. The topological polar surface area (TPSA) is 34.9 Å². The third-order valence-electron chi connectivity index (χ3n) is 4.01. The third kappa shape index (κ3) is 3.57. The number of rotatable bonds is 5. The monoisotopic (exact) mass is 304 g/mol. The Hall–Kier alpha value is -2.68. The van der Waals surface area contributed by atoms with Gasteiger partial charge in [0.15, 0.2) is 0 Å². The Morgan fingerprint density at radius 1 is 1.04 bits per heavy atom. The van der Waals surface area contributed by atoms with Gasteiger partial charge in [-0.1, -0.05) is 47.5 Å². The summed E-state index contributed by atoms with van der Waals surface area (Å²) in [7, 11) is 0. The van der Waals surface area contributed by atoms with Gasteiger partial charge < -0.3 is 4.79 Å². The highest BCUT2D eigenvalue weighted by Gasteiger charge is 2.13. The number of aldehydes is 1. The van der Waals surface area contributed by atoms with E-state index in [2.05, 4.69) is 30.2 Å². The first-order valence-corrected chi connectivity index (χ1v) is 7.79. The molecule has 3 aromatic rings. The van der Waals surface area contributed by atoms with Gasteiger partial charge in [-0.15, -0.1) is 0 Å². The predicted octanol–water partition coefficient (Wildman–Crippen LogP) is 4.01. The van der Waals surface area contributed by atoms with Crippen molar-refractivity contribution in [2.24, 2.45) is 0 Å². The summed E-state index contributed by atoms with van der Waals surface area (Å²) in [5, 5.41) is 4.60. The van der Waals surface area contributed by atoms with E-state index in [4.69, 9.17) is 0 Å². The van der Waals surface area contributed by atoms with Gasteiger partial charge in [-0.25, -0.2) is 4.68 Å². The van der Waals surface area contributed by atoms with Crippen LogP contribution < -0.4 is 0 Å². The average Bonchev–Trinajstić information content (AvgIpc) is 3.02. The molecule has 0 bridgehead atoms. The lowest BCUT2D eigenvalue weighted by molar-refractivity contribution is -0.109. The van der Waals surface area contributed by atoms with Crippen molar-refractivity contribution in [1.29, 1.82) is 0 Å². The van der Waals surface area contributed by atoms with Crippen LogP contribution in [0.4, 0.5) is 0 Å². The number of carbonyl (C=O) groups is 1. The van der Waals surface area contributed by atoms with E-state index in [1.54, 1.807) is 0 Å². The van der Waals surface area contributed by atoms with Gasteiger partial charge in [0, 0.05) is 18.5 Å². The maximum atomic E-state index is 11.5. The highest BCUT2D eigenvalue weighted by atomic mass is 16.1. The fraction of sp³-hybridized carbons (Fsp3) is 0.200. The minimum Gasteiger partial charge on any atom is -0.303 e. The van der Waals surface area contributed by atoms with E-state index < -0.39 is 0 Å². The van der Waals surface area contributed by atoms with Gasteiger partial charge >= 0.3 is 0 Å². The molecule has 0 saturated heterocycles. The summed E-state index contributed by atoms with van der Waals surface area (Å²) in [4.78, 5) is 11.5. The largest absolute Gasteiger partial charge is 0.303 e. The fourth-order valence-corrected chi connectivity index (χ4v) is 2.68. The summed E-state index contributed by atoms with van der Waals surface area (Å²) < 4.78 is 1.85. The van der Waals surface area contributed by atoms with Crippen molar-refractivity contribution in [2.45, 2.75) is 26.2 Å². The van der Waals surface area contributed by atoms with Crippen LogP contribution in [0.25, 0.3) is 5.69 Å². The Bertz CT molecular complexity index is 803. The van der Waals surface area contributed by atoms with Crippen molar-refractivity contribution in [1.82, 2.24) is 9.78 Å². The van der Waals surface area contributed by atoms with Gasteiger partial charge in [-0.3, -0.25) is 0 Å². The maximum Gasteiger partial charge on any atom is 0.127 e. The second-order valence-electron chi connectivity index (χ2n) is 5.95. The molecule has 0 aliphatic heterocycles. The summed E-state index contributed by atoms with van der Waals surface area (Å²) in [5.41, 5.74) is 5.38. The van der Waals surface area contributed by atoms with Crippen LogP contribution in [-0.2, 0) is 11.2 Å². The number of hydrogen-bond acceptors (Lipinski definition) is 2. The van der Waals surface area contributed by atoms with E-state index in [-0.39, 0.29) is 5.92 Å². The maximum absolute atomic E-state index is 11.5. The van der Waals surface area contributed by atoms with Gasteiger partial charge in [-0.2, -0.15) is 5.10 Å². The summed E-state index contributed by atoms with van der Waals surface area (Å²) in [6.45, 7) is 4.10. The number of hydrogen-bond donors (Lipinski definition) is 0. The molecule has 0 aliphatic carbocycles. The number of nitrogens with zero attached hydrogens (tertiary/aromatic N) is 2. The molecule has 3 nitrogen and oxygen atoms in total. The summed E-state index contributed by atoms with van der Waals surface area (Å²) in [6, 6.07) is 18.3. The van der Waals surface area contributed by atoms with Crippen LogP contribution in [0.15, 0.2) is 60.8 Å². The molecule has 0 amide bonds. The Kier molecular flexibility index (Phi) is 4.38. The minimum absolute atomic E-state index is 0.156. The second-order valence-corrected chi connectivity index (χ2v) is 5.95. The van der Waals surface area contributed by atoms with E-state index in [1.165, 1.54) is 11.1 Å². The van der Waals surface area contributed by atoms with Crippen molar-refractivity contribution in [3.63, 3.8) is 0 Å². The van der Waals surface area contributed by atoms with E-state index >= 15 is 0 Å². The number of aryl methyl sites for hydroxylation is 2. The summed E-state index contributed by atoms with van der Waals surface area (Å²) >= 11 is 0. The quantitative estimate of drug-likeness (QED) is 0.667. The van der Waals surface area contributed by atoms with Crippen LogP contribution in [0.3, 0.4) is 0 Å². The molecule has 1 unspecified atom stereocenters. The van der Waals surface area contributed by atoms with Crippen LogP contribution in [0, 0.1) is 13.8 Å².